The van der Waals surface area contributed by atoms with E-state index in [2.05, 4.69) is 13.0 Å². The molecule has 0 aliphatic heterocycles. The molecule has 142 valence electrons. The number of methoxy groups -OCH3 is 1. The molecule has 26 heavy (non-hydrogen) atoms. The molecule has 0 spiro atoms. The third-order valence-electron chi connectivity index (χ3n) is 7.70. The topological polar surface area (TPSA) is 66.8 Å². The van der Waals surface area contributed by atoms with Gasteiger partial charge in [-0.15, -0.1) is 0 Å². The van der Waals surface area contributed by atoms with Gasteiger partial charge < -0.3 is 14.9 Å². The molecule has 0 heterocycles. The number of aliphatic hydroxyl groups is 1. The number of hydrogen-bond acceptors (Lipinski definition) is 4. The lowest BCUT2D eigenvalue weighted by Crippen LogP contribution is -2.43. The third kappa shape index (κ3) is 2.74. The molecule has 1 aromatic carbocycles. The Morgan fingerprint density at radius 2 is 2.08 bits per heavy atom. The lowest BCUT2D eigenvalue weighted by atomic mass is 9.55. The number of aromatic hydroxyl groups is 1. The van der Waals surface area contributed by atoms with Crippen LogP contribution >= 0.6 is 0 Å². The van der Waals surface area contributed by atoms with E-state index in [1.807, 2.05) is 6.07 Å². The molecule has 0 aromatic heterocycles. The summed E-state index contributed by atoms with van der Waals surface area (Å²) >= 11 is 0. The van der Waals surface area contributed by atoms with E-state index in [4.69, 9.17) is 4.74 Å². The van der Waals surface area contributed by atoms with Crippen LogP contribution in [0.3, 0.4) is 0 Å². The van der Waals surface area contributed by atoms with E-state index >= 15 is 0 Å². The molecule has 0 saturated heterocycles. The Morgan fingerprint density at radius 3 is 2.85 bits per heavy atom. The van der Waals surface area contributed by atoms with Crippen molar-refractivity contribution in [1.29, 1.82) is 0 Å². The van der Waals surface area contributed by atoms with Crippen molar-refractivity contribution in [2.24, 2.45) is 17.3 Å². The minimum absolute atomic E-state index is 0.0866. The second-order valence-corrected chi connectivity index (χ2v) is 8.81. The quantitative estimate of drug-likeness (QED) is 0.808. The van der Waals surface area contributed by atoms with E-state index in [9.17, 15) is 15.0 Å². The van der Waals surface area contributed by atoms with Crippen LogP contribution in [0.1, 0.15) is 68.1 Å². The Labute approximate surface area is 155 Å². The molecule has 2 fully saturated rings. The van der Waals surface area contributed by atoms with Crippen LogP contribution in [0.5, 0.6) is 5.75 Å². The maximum Gasteiger partial charge on any atom is 0.305 e. The van der Waals surface area contributed by atoms with Crippen molar-refractivity contribution in [3.63, 3.8) is 0 Å². The molecular formula is C22H30O4. The largest absolute Gasteiger partial charge is 0.508 e. The monoisotopic (exact) mass is 358 g/mol. The van der Waals surface area contributed by atoms with Gasteiger partial charge >= 0.3 is 5.97 Å². The number of esters is 1. The van der Waals surface area contributed by atoms with Crippen molar-refractivity contribution >= 4 is 5.97 Å². The summed E-state index contributed by atoms with van der Waals surface area (Å²) in [7, 11) is 1.40. The summed E-state index contributed by atoms with van der Waals surface area (Å²) in [4.78, 5) is 11.5. The van der Waals surface area contributed by atoms with Crippen LogP contribution in [-0.4, -0.2) is 29.4 Å². The van der Waals surface area contributed by atoms with Crippen molar-refractivity contribution in [3.05, 3.63) is 28.8 Å². The summed E-state index contributed by atoms with van der Waals surface area (Å²) in [5.41, 5.74) is 3.59. The van der Waals surface area contributed by atoms with Gasteiger partial charge in [-0.2, -0.15) is 0 Å². The normalized spacial score (nSPS) is 35.3. The zero-order valence-corrected chi connectivity index (χ0v) is 15.8. The lowest BCUT2D eigenvalue weighted by Gasteiger charge is -2.50. The summed E-state index contributed by atoms with van der Waals surface area (Å²) in [5.74, 6) is 1.84. The summed E-state index contributed by atoms with van der Waals surface area (Å²) in [6, 6.07) is 4.08. The van der Waals surface area contributed by atoms with E-state index in [0.29, 0.717) is 36.3 Å². The summed E-state index contributed by atoms with van der Waals surface area (Å²) in [5, 5.41) is 20.9. The average molecular weight is 358 g/mol. The van der Waals surface area contributed by atoms with Gasteiger partial charge in [0.15, 0.2) is 0 Å². The summed E-state index contributed by atoms with van der Waals surface area (Å²) < 4.78 is 4.73. The minimum atomic E-state index is -0.242. The van der Waals surface area contributed by atoms with E-state index in [0.717, 1.165) is 44.1 Å². The maximum absolute atomic E-state index is 11.5. The molecule has 2 N–H and O–H groups in total. The van der Waals surface area contributed by atoms with Gasteiger partial charge in [0.1, 0.15) is 5.75 Å². The first-order chi connectivity index (χ1) is 12.4. The molecule has 4 nitrogen and oxygen atoms in total. The fourth-order valence-corrected chi connectivity index (χ4v) is 6.17. The van der Waals surface area contributed by atoms with Crippen molar-refractivity contribution < 1.29 is 19.7 Å². The van der Waals surface area contributed by atoms with E-state index in [-0.39, 0.29) is 17.5 Å². The molecule has 5 atom stereocenters. The highest BCUT2D eigenvalue weighted by molar-refractivity contribution is 5.69. The Hall–Kier alpha value is -1.55. The Balaban J connectivity index is 1.62. The van der Waals surface area contributed by atoms with Gasteiger partial charge in [-0.1, -0.05) is 13.0 Å². The lowest BCUT2D eigenvalue weighted by molar-refractivity contribution is -0.140. The summed E-state index contributed by atoms with van der Waals surface area (Å²) in [6.45, 7) is 2.29. The highest BCUT2D eigenvalue weighted by atomic mass is 16.5. The van der Waals surface area contributed by atoms with Crippen LogP contribution in [0.4, 0.5) is 0 Å². The SMILES string of the molecule is COC(=O)CCc1cc2c(cc1O)CCC1C2CC[C@]2(C)C(O)CCC12. The third-order valence-corrected chi connectivity index (χ3v) is 7.70. The van der Waals surface area contributed by atoms with Gasteiger partial charge in [-0.05, 0) is 90.9 Å². The molecular weight excluding hydrogens is 328 g/mol. The molecule has 2 saturated carbocycles. The standard InChI is InChI=1S/C22H30O4/c1-22-10-9-15-16(18(22)6-7-20(22)24)5-3-13-12-19(23)14(11-17(13)15)4-8-21(25)26-2/h11-12,15-16,18,20,23-24H,3-10H2,1-2H3/t15?,16?,18?,20?,22-/m0/s1. The van der Waals surface area contributed by atoms with Gasteiger partial charge in [0, 0.05) is 6.42 Å². The molecule has 4 heteroatoms. The highest BCUT2D eigenvalue weighted by Gasteiger charge is 2.54. The molecule has 4 unspecified atom stereocenters. The number of ether oxygens (including phenoxy) is 1. The number of benzene rings is 1. The number of rotatable bonds is 3. The second-order valence-electron chi connectivity index (χ2n) is 8.81. The predicted octanol–water partition coefficient (Wildman–Crippen LogP) is 3.71. The number of aryl methyl sites for hydroxylation is 2. The number of aliphatic hydroxyl groups excluding tert-OH is 1. The van der Waals surface area contributed by atoms with Crippen molar-refractivity contribution in [2.45, 2.75) is 70.3 Å². The number of carbonyl (C=O) groups is 1. The van der Waals surface area contributed by atoms with Crippen molar-refractivity contribution in [1.82, 2.24) is 0 Å². The zero-order valence-electron chi connectivity index (χ0n) is 15.8. The number of hydrogen-bond donors (Lipinski definition) is 2. The second kappa shape index (κ2) is 6.56. The maximum atomic E-state index is 11.5. The van der Waals surface area contributed by atoms with Crippen LogP contribution < -0.4 is 0 Å². The number of fused-ring (bicyclic) bond motifs is 5. The van der Waals surface area contributed by atoms with E-state index < -0.39 is 0 Å². The first kappa shape index (κ1) is 17.8. The van der Waals surface area contributed by atoms with Gasteiger partial charge in [-0.3, -0.25) is 4.79 Å². The first-order valence-corrected chi connectivity index (χ1v) is 10.0. The number of phenols is 1. The van der Waals surface area contributed by atoms with Crippen LogP contribution in [0, 0.1) is 17.3 Å². The van der Waals surface area contributed by atoms with E-state index in [1.165, 1.54) is 18.2 Å². The molecule has 4 rings (SSSR count). The van der Waals surface area contributed by atoms with Crippen molar-refractivity contribution in [3.8, 4) is 5.75 Å². The van der Waals surface area contributed by atoms with E-state index in [1.54, 1.807) is 0 Å². The van der Waals surface area contributed by atoms with Gasteiger partial charge in [-0.25, -0.2) is 0 Å². The fraction of sp³-hybridized carbons (Fsp3) is 0.682. The molecule has 3 aliphatic carbocycles. The molecule has 0 radical (unpaired) electrons. The van der Waals surface area contributed by atoms with Crippen LogP contribution in [0.25, 0.3) is 0 Å². The molecule has 0 bridgehead atoms. The Bertz CT molecular complexity index is 712. The highest BCUT2D eigenvalue weighted by Crippen LogP contribution is 2.61. The molecule has 3 aliphatic rings. The Morgan fingerprint density at radius 1 is 1.27 bits per heavy atom. The predicted molar refractivity (Wildman–Crippen MR) is 99.1 cm³/mol. The van der Waals surface area contributed by atoms with Gasteiger partial charge in [0.25, 0.3) is 0 Å². The smallest absolute Gasteiger partial charge is 0.305 e. The minimum Gasteiger partial charge on any atom is -0.508 e. The molecule has 1 aromatic rings. The van der Waals surface area contributed by atoms with Gasteiger partial charge in [0.2, 0.25) is 0 Å². The van der Waals surface area contributed by atoms with Crippen LogP contribution in [0.15, 0.2) is 12.1 Å². The number of phenolic OH excluding ortho intramolecular Hbond substituents is 1. The first-order valence-electron chi connectivity index (χ1n) is 10.0. The number of carbonyl (C=O) groups excluding carboxylic acids is 1. The van der Waals surface area contributed by atoms with Crippen LogP contribution in [0.2, 0.25) is 0 Å². The average Bonchev–Trinajstić information content (AvgIpc) is 2.94. The van der Waals surface area contributed by atoms with Crippen molar-refractivity contribution in [2.75, 3.05) is 7.11 Å². The van der Waals surface area contributed by atoms with Crippen LogP contribution in [-0.2, 0) is 22.4 Å². The Kier molecular flexibility index (Phi) is 4.50. The fourth-order valence-electron chi connectivity index (χ4n) is 6.17. The molecule has 0 amide bonds. The van der Waals surface area contributed by atoms with Gasteiger partial charge in [0.05, 0.1) is 13.2 Å². The summed E-state index contributed by atoms with van der Waals surface area (Å²) in [6.07, 6.45) is 7.10. The zero-order chi connectivity index (χ0) is 18.5.